The van der Waals surface area contributed by atoms with Crippen molar-refractivity contribution in [1.82, 2.24) is 15.1 Å². The summed E-state index contributed by atoms with van der Waals surface area (Å²) < 4.78 is 5.30. The monoisotopic (exact) mass is 255 g/mol. The summed E-state index contributed by atoms with van der Waals surface area (Å²) >= 11 is 0. The number of nitrogens with one attached hydrogen (secondary N) is 1. The van der Waals surface area contributed by atoms with E-state index in [0.29, 0.717) is 6.54 Å². The molecule has 0 aromatic heterocycles. The standard InChI is InChI=1S/C12H21N3O3/c1-12(2,3)18-11(17)14-7-9-6-13-4-5-15(9)10(16)8-14/h9,13H,4-8H2,1-3H3/t9-/m1/s1. The fourth-order valence-electron chi connectivity index (χ4n) is 2.29. The Morgan fingerprint density at radius 1 is 1.44 bits per heavy atom. The lowest BCUT2D eigenvalue weighted by molar-refractivity contribution is -0.140. The lowest BCUT2D eigenvalue weighted by atomic mass is 10.1. The summed E-state index contributed by atoms with van der Waals surface area (Å²) in [5.74, 6) is 0.0126. The van der Waals surface area contributed by atoms with Crippen molar-refractivity contribution in [3.8, 4) is 0 Å². The van der Waals surface area contributed by atoms with Crippen molar-refractivity contribution in [3.05, 3.63) is 0 Å². The number of carbonyl (C=O) groups is 2. The minimum atomic E-state index is -0.526. The molecular weight excluding hydrogens is 234 g/mol. The molecule has 2 heterocycles. The van der Waals surface area contributed by atoms with Crippen LogP contribution in [0.4, 0.5) is 4.79 Å². The van der Waals surface area contributed by atoms with E-state index in [1.165, 1.54) is 4.90 Å². The molecule has 0 saturated carbocycles. The van der Waals surface area contributed by atoms with Gasteiger partial charge in [0.1, 0.15) is 12.1 Å². The molecule has 0 bridgehead atoms. The highest BCUT2D eigenvalue weighted by Crippen LogP contribution is 2.16. The summed E-state index contributed by atoms with van der Waals surface area (Å²) in [4.78, 5) is 27.3. The maximum atomic E-state index is 12.0. The fourth-order valence-corrected chi connectivity index (χ4v) is 2.29. The number of amides is 2. The molecule has 6 heteroatoms. The zero-order valence-electron chi connectivity index (χ0n) is 11.2. The highest BCUT2D eigenvalue weighted by molar-refractivity contribution is 5.84. The zero-order chi connectivity index (χ0) is 13.3. The number of rotatable bonds is 0. The first-order valence-corrected chi connectivity index (χ1v) is 6.35. The predicted octanol–water partition coefficient (Wildman–Crippen LogP) is 0.0375. The molecule has 6 nitrogen and oxygen atoms in total. The van der Waals surface area contributed by atoms with Crippen molar-refractivity contribution in [3.63, 3.8) is 0 Å². The number of hydrogen-bond donors (Lipinski definition) is 1. The van der Waals surface area contributed by atoms with Crippen LogP contribution >= 0.6 is 0 Å². The van der Waals surface area contributed by atoms with Crippen molar-refractivity contribution in [2.24, 2.45) is 0 Å². The number of ether oxygens (including phenoxy) is 1. The van der Waals surface area contributed by atoms with Gasteiger partial charge in [0.2, 0.25) is 5.91 Å². The van der Waals surface area contributed by atoms with Gasteiger partial charge < -0.3 is 15.0 Å². The first kappa shape index (κ1) is 13.1. The van der Waals surface area contributed by atoms with E-state index in [4.69, 9.17) is 4.74 Å². The van der Waals surface area contributed by atoms with Crippen LogP contribution in [0, 0.1) is 0 Å². The van der Waals surface area contributed by atoms with Crippen LogP contribution in [-0.2, 0) is 9.53 Å². The number of hydrogen-bond acceptors (Lipinski definition) is 4. The average Bonchev–Trinajstić information content (AvgIpc) is 2.26. The first-order chi connectivity index (χ1) is 8.37. The Bertz CT molecular complexity index is 351. The SMILES string of the molecule is CC(C)(C)OC(=O)N1CC(=O)N2CCNC[C@@H]2C1. The third-order valence-corrected chi connectivity index (χ3v) is 3.08. The molecule has 0 aliphatic carbocycles. The van der Waals surface area contributed by atoms with E-state index in [1.807, 2.05) is 25.7 Å². The Morgan fingerprint density at radius 3 is 2.83 bits per heavy atom. The summed E-state index contributed by atoms with van der Waals surface area (Å²) in [6.45, 7) is 8.45. The second-order valence-electron chi connectivity index (χ2n) is 5.81. The van der Waals surface area contributed by atoms with Gasteiger partial charge >= 0.3 is 6.09 Å². The number of carbonyl (C=O) groups excluding carboxylic acids is 2. The summed E-state index contributed by atoms with van der Waals surface area (Å²) in [5.41, 5.74) is -0.526. The molecule has 0 radical (unpaired) electrons. The molecule has 2 fully saturated rings. The van der Waals surface area contributed by atoms with Crippen LogP contribution < -0.4 is 5.32 Å². The lowest BCUT2D eigenvalue weighted by Gasteiger charge is -2.43. The molecule has 2 amide bonds. The molecule has 102 valence electrons. The van der Waals surface area contributed by atoms with Gasteiger partial charge in [0.25, 0.3) is 0 Å². The Labute approximate surface area is 107 Å². The Hall–Kier alpha value is -1.30. The normalized spacial score (nSPS) is 24.8. The molecule has 1 atom stereocenters. The molecule has 0 spiro atoms. The van der Waals surface area contributed by atoms with E-state index >= 15 is 0 Å². The van der Waals surface area contributed by atoms with Gasteiger partial charge in [-0.25, -0.2) is 4.79 Å². The van der Waals surface area contributed by atoms with Gasteiger partial charge in [0.05, 0.1) is 6.04 Å². The molecule has 2 rings (SSSR count). The van der Waals surface area contributed by atoms with E-state index in [-0.39, 0.29) is 18.5 Å². The van der Waals surface area contributed by atoms with Crippen LogP contribution in [0.2, 0.25) is 0 Å². The van der Waals surface area contributed by atoms with E-state index in [0.717, 1.165) is 19.6 Å². The average molecular weight is 255 g/mol. The Morgan fingerprint density at radius 2 is 2.17 bits per heavy atom. The van der Waals surface area contributed by atoms with Gasteiger partial charge in [-0.1, -0.05) is 0 Å². The maximum Gasteiger partial charge on any atom is 0.410 e. The third kappa shape index (κ3) is 2.93. The first-order valence-electron chi connectivity index (χ1n) is 6.35. The molecule has 0 aromatic rings. The minimum absolute atomic E-state index is 0.0126. The predicted molar refractivity (Wildman–Crippen MR) is 66.2 cm³/mol. The number of fused-ring (bicyclic) bond motifs is 1. The largest absolute Gasteiger partial charge is 0.444 e. The van der Waals surface area contributed by atoms with E-state index in [9.17, 15) is 9.59 Å². The second-order valence-corrected chi connectivity index (χ2v) is 5.81. The fraction of sp³-hybridized carbons (Fsp3) is 0.833. The second kappa shape index (κ2) is 4.76. The molecule has 2 aliphatic rings. The van der Waals surface area contributed by atoms with E-state index in [1.54, 1.807) is 0 Å². The quantitative estimate of drug-likeness (QED) is 0.664. The van der Waals surface area contributed by atoms with Crippen LogP contribution in [0.5, 0.6) is 0 Å². The van der Waals surface area contributed by atoms with Crippen LogP contribution in [0.25, 0.3) is 0 Å². The van der Waals surface area contributed by atoms with Crippen LogP contribution in [-0.4, -0.2) is 66.2 Å². The summed E-state index contributed by atoms with van der Waals surface area (Å²) in [5, 5.41) is 3.24. The molecule has 2 saturated heterocycles. The molecule has 1 N–H and O–H groups in total. The highest BCUT2D eigenvalue weighted by atomic mass is 16.6. The van der Waals surface area contributed by atoms with Crippen molar-refractivity contribution in [2.75, 3.05) is 32.7 Å². The summed E-state index contributed by atoms with van der Waals surface area (Å²) in [6, 6.07) is 0.0764. The Balaban J connectivity index is 1.99. The number of piperazine rings is 2. The number of nitrogens with zero attached hydrogens (tertiary/aromatic N) is 2. The van der Waals surface area contributed by atoms with Gasteiger partial charge in [-0.2, -0.15) is 0 Å². The van der Waals surface area contributed by atoms with Gasteiger partial charge in [-0.3, -0.25) is 9.69 Å². The topological polar surface area (TPSA) is 61.9 Å². The van der Waals surface area contributed by atoms with Crippen LogP contribution in [0.3, 0.4) is 0 Å². The van der Waals surface area contributed by atoms with E-state index < -0.39 is 11.7 Å². The maximum absolute atomic E-state index is 12.0. The molecule has 2 aliphatic heterocycles. The molecule has 0 unspecified atom stereocenters. The zero-order valence-corrected chi connectivity index (χ0v) is 11.2. The third-order valence-electron chi connectivity index (χ3n) is 3.08. The van der Waals surface area contributed by atoms with Gasteiger partial charge in [0, 0.05) is 26.2 Å². The van der Waals surface area contributed by atoms with Crippen LogP contribution in [0.1, 0.15) is 20.8 Å². The van der Waals surface area contributed by atoms with E-state index in [2.05, 4.69) is 5.32 Å². The minimum Gasteiger partial charge on any atom is -0.444 e. The molecule has 0 aromatic carbocycles. The smallest absolute Gasteiger partial charge is 0.410 e. The van der Waals surface area contributed by atoms with Gasteiger partial charge in [0.15, 0.2) is 0 Å². The lowest BCUT2D eigenvalue weighted by Crippen LogP contribution is -2.64. The highest BCUT2D eigenvalue weighted by Gasteiger charge is 2.37. The molecular formula is C12H21N3O3. The van der Waals surface area contributed by atoms with Crippen LogP contribution in [0.15, 0.2) is 0 Å². The van der Waals surface area contributed by atoms with Gasteiger partial charge in [-0.05, 0) is 20.8 Å². The van der Waals surface area contributed by atoms with Crippen molar-refractivity contribution < 1.29 is 14.3 Å². The van der Waals surface area contributed by atoms with Crippen molar-refractivity contribution in [2.45, 2.75) is 32.4 Å². The summed E-state index contributed by atoms with van der Waals surface area (Å²) in [7, 11) is 0. The van der Waals surface area contributed by atoms with Gasteiger partial charge in [-0.15, -0.1) is 0 Å². The molecule has 18 heavy (non-hydrogen) atoms. The van der Waals surface area contributed by atoms with Crippen molar-refractivity contribution in [1.29, 1.82) is 0 Å². The van der Waals surface area contributed by atoms with Crippen molar-refractivity contribution >= 4 is 12.0 Å². The summed E-state index contributed by atoms with van der Waals surface area (Å²) in [6.07, 6.45) is -0.402. The Kier molecular flexibility index (Phi) is 3.47.